The molecule has 4 rings (SSSR count). The Morgan fingerprint density at radius 1 is 1.23 bits per heavy atom. The molecule has 9 heteroatoms. The molecule has 1 aliphatic heterocycles. The Labute approximate surface area is 175 Å². The minimum atomic E-state index is -0.519. The first-order valence-corrected chi connectivity index (χ1v) is 9.84. The zero-order chi connectivity index (χ0) is 21.3. The largest absolute Gasteiger partial charge is 0.457 e. The number of non-ortho nitro benzene ring substituents is 1. The molecule has 7 nitrogen and oxygen atoms in total. The molecule has 1 unspecified atom stereocenters. The highest BCUT2D eigenvalue weighted by atomic mass is 32.2. The summed E-state index contributed by atoms with van der Waals surface area (Å²) in [6.07, 6.45) is 1.58. The van der Waals surface area contributed by atoms with Gasteiger partial charge in [-0.05, 0) is 36.8 Å². The van der Waals surface area contributed by atoms with Crippen LogP contribution in [-0.2, 0) is 4.79 Å². The van der Waals surface area contributed by atoms with Crippen LogP contribution in [0.1, 0.15) is 11.3 Å². The monoisotopic (exact) mass is 425 g/mol. The molecular weight excluding hydrogens is 409 g/mol. The number of nitro groups is 1. The van der Waals surface area contributed by atoms with Gasteiger partial charge in [-0.25, -0.2) is 4.39 Å². The van der Waals surface area contributed by atoms with E-state index in [1.54, 1.807) is 42.5 Å². The fourth-order valence-electron chi connectivity index (χ4n) is 2.98. The number of furan rings is 1. The summed E-state index contributed by atoms with van der Waals surface area (Å²) in [6.45, 7) is 1.83. The molecule has 0 saturated carbocycles. The number of nitrogens with zero attached hydrogens (tertiary/aromatic N) is 1. The number of amides is 1. The first-order chi connectivity index (χ1) is 14.4. The lowest BCUT2D eigenvalue weighted by atomic mass is 10.1. The Bertz CT molecular complexity index is 1170. The third kappa shape index (κ3) is 4.06. The number of carbonyl (C=O) groups is 1. The van der Waals surface area contributed by atoms with Gasteiger partial charge in [0, 0.05) is 23.8 Å². The molecule has 0 radical (unpaired) electrons. The molecule has 1 amide bonds. The van der Waals surface area contributed by atoms with E-state index in [2.05, 4.69) is 10.6 Å². The van der Waals surface area contributed by atoms with E-state index >= 15 is 0 Å². The number of benzene rings is 2. The maximum atomic E-state index is 13.8. The van der Waals surface area contributed by atoms with Gasteiger partial charge in [-0.2, -0.15) is 0 Å². The topological polar surface area (TPSA) is 97.4 Å². The Balaban J connectivity index is 1.53. The van der Waals surface area contributed by atoms with Gasteiger partial charge in [0.2, 0.25) is 0 Å². The van der Waals surface area contributed by atoms with Crippen LogP contribution in [0.4, 0.5) is 15.8 Å². The predicted octanol–water partition coefficient (Wildman–Crippen LogP) is 4.90. The van der Waals surface area contributed by atoms with Crippen LogP contribution in [0, 0.1) is 22.9 Å². The minimum Gasteiger partial charge on any atom is -0.457 e. The second-order valence-corrected chi connectivity index (χ2v) is 7.71. The lowest BCUT2D eigenvalue weighted by Gasteiger charge is -2.12. The Morgan fingerprint density at radius 2 is 2.03 bits per heavy atom. The third-order valence-corrected chi connectivity index (χ3v) is 5.52. The average molecular weight is 425 g/mol. The van der Waals surface area contributed by atoms with Gasteiger partial charge in [0.1, 0.15) is 17.3 Å². The van der Waals surface area contributed by atoms with Crippen molar-refractivity contribution in [2.45, 2.75) is 12.4 Å². The summed E-state index contributed by atoms with van der Waals surface area (Å²) in [5.74, 6) is 0.179. The van der Waals surface area contributed by atoms with E-state index in [1.165, 1.54) is 30.0 Å². The number of hydrogen-bond donors (Lipinski definition) is 2. The van der Waals surface area contributed by atoms with Crippen molar-refractivity contribution in [3.05, 3.63) is 86.8 Å². The Morgan fingerprint density at radius 3 is 2.80 bits per heavy atom. The van der Waals surface area contributed by atoms with Crippen molar-refractivity contribution >= 4 is 35.1 Å². The first kappa shape index (κ1) is 19.7. The van der Waals surface area contributed by atoms with Crippen molar-refractivity contribution < 1.29 is 18.5 Å². The fraction of sp³-hybridized carbons (Fsp3) is 0.0952. The van der Waals surface area contributed by atoms with Crippen molar-refractivity contribution in [1.29, 1.82) is 0 Å². The standard InChI is InChI=1S/C21H16FN3O4S/c1-12-6-7-13(25(27)28)10-15(12)18-9-8-14(29-18)11-19-20(26)24-21(30-19)23-17-5-3-2-4-16(17)22/h2-11,21,23H,1H3,(H,24,26)/b19-11-. The smallest absolute Gasteiger partial charge is 0.270 e. The van der Waals surface area contributed by atoms with Crippen molar-refractivity contribution in [3.8, 4) is 11.3 Å². The van der Waals surface area contributed by atoms with Gasteiger partial charge in [-0.15, -0.1) is 0 Å². The van der Waals surface area contributed by atoms with Crippen LogP contribution >= 0.6 is 11.8 Å². The summed E-state index contributed by atoms with van der Waals surface area (Å²) < 4.78 is 19.6. The first-order valence-electron chi connectivity index (χ1n) is 8.96. The van der Waals surface area contributed by atoms with Crippen molar-refractivity contribution in [3.63, 3.8) is 0 Å². The minimum absolute atomic E-state index is 0.0281. The number of hydrogen-bond acceptors (Lipinski definition) is 6. The second kappa shape index (κ2) is 8.03. The maximum absolute atomic E-state index is 13.8. The third-order valence-electron chi connectivity index (χ3n) is 4.49. The number of nitro benzene ring substituents is 1. The predicted molar refractivity (Wildman–Crippen MR) is 113 cm³/mol. The quantitative estimate of drug-likeness (QED) is 0.343. The molecule has 0 spiro atoms. The molecule has 152 valence electrons. The molecule has 1 saturated heterocycles. The fourth-order valence-corrected chi connectivity index (χ4v) is 3.93. The summed E-state index contributed by atoms with van der Waals surface area (Å²) in [6, 6.07) is 14.1. The van der Waals surface area contributed by atoms with Crippen LogP contribution in [0.5, 0.6) is 0 Å². The summed E-state index contributed by atoms with van der Waals surface area (Å²) in [7, 11) is 0. The molecule has 30 heavy (non-hydrogen) atoms. The van der Waals surface area contributed by atoms with Crippen LogP contribution in [0.15, 0.2) is 63.9 Å². The number of para-hydroxylation sites is 1. The van der Waals surface area contributed by atoms with E-state index in [0.29, 0.717) is 22.0 Å². The molecule has 2 aromatic carbocycles. The number of anilines is 1. The summed E-state index contributed by atoms with van der Waals surface area (Å²) in [5, 5.41) is 16.7. The number of carbonyl (C=O) groups excluding carboxylic acids is 1. The zero-order valence-electron chi connectivity index (χ0n) is 15.7. The van der Waals surface area contributed by atoms with Crippen LogP contribution in [0.25, 0.3) is 17.4 Å². The molecule has 1 atom stereocenters. The highest BCUT2D eigenvalue weighted by Gasteiger charge is 2.28. The summed E-state index contributed by atoms with van der Waals surface area (Å²) in [5.41, 5.74) is 1.18. The van der Waals surface area contributed by atoms with E-state index in [4.69, 9.17) is 4.42 Å². The highest BCUT2D eigenvalue weighted by Crippen LogP contribution is 2.33. The van der Waals surface area contributed by atoms with E-state index in [-0.39, 0.29) is 17.3 Å². The molecule has 3 aromatic rings. The number of halogens is 1. The molecule has 1 aromatic heterocycles. The van der Waals surface area contributed by atoms with Crippen LogP contribution in [-0.4, -0.2) is 16.3 Å². The number of aryl methyl sites for hydroxylation is 1. The number of thioether (sulfide) groups is 1. The Hall–Kier alpha value is -3.59. The molecule has 0 aliphatic carbocycles. The molecule has 2 N–H and O–H groups in total. The number of nitrogens with one attached hydrogen (secondary N) is 2. The van der Waals surface area contributed by atoms with E-state index in [1.807, 2.05) is 6.92 Å². The van der Waals surface area contributed by atoms with Gasteiger partial charge < -0.3 is 15.1 Å². The highest BCUT2D eigenvalue weighted by molar-refractivity contribution is 8.05. The van der Waals surface area contributed by atoms with E-state index in [9.17, 15) is 19.3 Å². The van der Waals surface area contributed by atoms with Crippen molar-refractivity contribution in [2.24, 2.45) is 0 Å². The zero-order valence-corrected chi connectivity index (χ0v) is 16.5. The molecule has 0 bridgehead atoms. The number of rotatable bonds is 5. The van der Waals surface area contributed by atoms with Gasteiger partial charge in [-0.1, -0.05) is 30.0 Å². The van der Waals surface area contributed by atoms with Crippen molar-refractivity contribution in [2.75, 3.05) is 5.32 Å². The molecular formula is C21H16FN3O4S. The van der Waals surface area contributed by atoms with Gasteiger partial charge in [0.15, 0.2) is 5.50 Å². The van der Waals surface area contributed by atoms with Gasteiger partial charge in [-0.3, -0.25) is 14.9 Å². The van der Waals surface area contributed by atoms with Gasteiger partial charge in [0.05, 0.1) is 15.5 Å². The lowest BCUT2D eigenvalue weighted by Crippen LogP contribution is -2.31. The summed E-state index contributed by atoms with van der Waals surface area (Å²) >= 11 is 1.21. The van der Waals surface area contributed by atoms with Crippen molar-refractivity contribution in [1.82, 2.24) is 5.32 Å². The van der Waals surface area contributed by atoms with Crippen LogP contribution in [0.2, 0.25) is 0 Å². The van der Waals surface area contributed by atoms with Gasteiger partial charge in [0.25, 0.3) is 11.6 Å². The Kier molecular flexibility index (Phi) is 5.28. The van der Waals surface area contributed by atoms with Crippen LogP contribution in [0.3, 0.4) is 0 Å². The van der Waals surface area contributed by atoms with Crippen LogP contribution < -0.4 is 10.6 Å². The van der Waals surface area contributed by atoms with E-state index < -0.39 is 16.2 Å². The maximum Gasteiger partial charge on any atom is 0.270 e. The second-order valence-electron chi connectivity index (χ2n) is 6.56. The molecule has 1 fully saturated rings. The molecule has 1 aliphatic rings. The summed E-state index contributed by atoms with van der Waals surface area (Å²) in [4.78, 5) is 23.2. The van der Waals surface area contributed by atoms with Gasteiger partial charge >= 0.3 is 0 Å². The SMILES string of the molecule is Cc1ccc([N+](=O)[O-])cc1-c1ccc(/C=C2\SC(Nc3ccccc3F)NC2=O)o1. The normalized spacial score (nSPS) is 17.2. The van der Waals surface area contributed by atoms with E-state index in [0.717, 1.165) is 5.56 Å². The average Bonchev–Trinajstić information content (AvgIpc) is 3.31. The lowest BCUT2D eigenvalue weighted by molar-refractivity contribution is -0.384. The molecule has 2 heterocycles.